The Morgan fingerprint density at radius 2 is 1.88 bits per heavy atom. The molecule has 128 valence electrons. The summed E-state index contributed by atoms with van der Waals surface area (Å²) >= 11 is 0. The minimum absolute atomic E-state index is 0.221. The number of nitrogens with one attached hydrogen (secondary N) is 1. The number of sulfonamides is 1. The maximum Gasteiger partial charge on any atom is 0.263 e. The molecule has 6 nitrogen and oxygen atoms in total. The van der Waals surface area contributed by atoms with Crippen molar-refractivity contribution in [3.8, 4) is 0 Å². The summed E-state index contributed by atoms with van der Waals surface area (Å²) in [5.74, 6) is 1.76. The molecule has 0 saturated carbocycles. The van der Waals surface area contributed by atoms with Crippen LogP contribution in [0.4, 0.5) is 11.6 Å². The Morgan fingerprint density at radius 1 is 1.12 bits per heavy atom. The van der Waals surface area contributed by atoms with E-state index < -0.39 is 10.0 Å². The number of piperidine rings is 1. The molecule has 1 aliphatic rings. The summed E-state index contributed by atoms with van der Waals surface area (Å²) in [6.45, 7) is 6.04. The number of hydrogen-bond acceptors (Lipinski definition) is 5. The van der Waals surface area contributed by atoms with Crippen molar-refractivity contribution in [1.29, 1.82) is 0 Å². The van der Waals surface area contributed by atoms with Crippen LogP contribution in [-0.2, 0) is 10.0 Å². The van der Waals surface area contributed by atoms with E-state index in [-0.39, 0.29) is 10.7 Å². The molecule has 0 radical (unpaired) electrons. The average molecular weight is 346 g/mol. The zero-order valence-electron chi connectivity index (χ0n) is 13.9. The summed E-state index contributed by atoms with van der Waals surface area (Å²) in [6.07, 6.45) is 2.28. The fraction of sp³-hybridized carbons (Fsp3) is 0.412. The molecule has 1 aromatic heterocycles. The molecule has 2 aromatic rings. The van der Waals surface area contributed by atoms with Crippen molar-refractivity contribution in [2.75, 3.05) is 22.7 Å². The van der Waals surface area contributed by atoms with Crippen molar-refractivity contribution in [2.24, 2.45) is 5.92 Å². The van der Waals surface area contributed by atoms with Gasteiger partial charge in [-0.15, -0.1) is 10.2 Å². The number of aryl methyl sites for hydroxylation is 1. The highest BCUT2D eigenvalue weighted by atomic mass is 32.2. The SMILES string of the molecule is Cc1cccc(S(=O)(=O)Nc2ccc(N3CCC(C)CC3)nn2)c1. The lowest BCUT2D eigenvalue weighted by molar-refractivity contribution is 0.436. The highest BCUT2D eigenvalue weighted by Gasteiger charge is 2.18. The lowest BCUT2D eigenvalue weighted by Gasteiger charge is -2.30. The first kappa shape index (κ1) is 16.7. The van der Waals surface area contributed by atoms with Crippen LogP contribution in [0.25, 0.3) is 0 Å². The van der Waals surface area contributed by atoms with E-state index in [1.807, 2.05) is 19.1 Å². The van der Waals surface area contributed by atoms with Gasteiger partial charge >= 0.3 is 0 Å². The first-order valence-corrected chi connectivity index (χ1v) is 9.60. The third-order valence-electron chi connectivity index (χ3n) is 4.30. The molecule has 1 saturated heterocycles. The standard InChI is InChI=1S/C17H22N4O2S/c1-13-8-10-21(11-9-13)17-7-6-16(18-19-17)20-24(22,23)15-5-3-4-14(2)12-15/h3-7,12-13H,8-11H2,1-2H3,(H,18,20). The smallest absolute Gasteiger partial charge is 0.263 e. The van der Waals surface area contributed by atoms with E-state index >= 15 is 0 Å². The van der Waals surface area contributed by atoms with Gasteiger partial charge in [0.2, 0.25) is 0 Å². The number of benzene rings is 1. The monoisotopic (exact) mass is 346 g/mol. The Hall–Kier alpha value is -2.15. The Morgan fingerprint density at radius 3 is 2.50 bits per heavy atom. The molecule has 1 aromatic carbocycles. The molecule has 0 unspecified atom stereocenters. The van der Waals surface area contributed by atoms with E-state index in [4.69, 9.17) is 0 Å². The molecule has 0 amide bonds. The van der Waals surface area contributed by atoms with E-state index in [2.05, 4.69) is 26.7 Å². The Bertz CT molecular complexity index is 798. The fourth-order valence-electron chi connectivity index (χ4n) is 2.77. The number of hydrogen-bond donors (Lipinski definition) is 1. The van der Waals surface area contributed by atoms with Crippen LogP contribution in [0.3, 0.4) is 0 Å². The predicted octanol–water partition coefficient (Wildman–Crippen LogP) is 2.82. The molecule has 2 heterocycles. The zero-order valence-corrected chi connectivity index (χ0v) is 14.8. The van der Waals surface area contributed by atoms with Gasteiger partial charge in [-0.05, 0) is 55.5 Å². The Balaban J connectivity index is 1.72. The van der Waals surface area contributed by atoms with Gasteiger partial charge in [0.15, 0.2) is 11.6 Å². The molecule has 7 heteroatoms. The van der Waals surface area contributed by atoms with Crippen LogP contribution in [-0.4, -0.2) is 31.7 Å². The van der Waals surface area contributed by atoms with E-state index in [0.29, 0.717) is 0 Å². The van der Waals surface area contributed by atoms with Gasteiger partial charge in [0, 0.05) is 13.1 Å². The van der Waals surface area contributed by atoms with Crippen LogP contribution in [0.1, 0.15) is 25.3 Å². The van der Waals surface area contributed by atoms with Crippen molar-refractivity contribution in [3.05, 3.63) is 42.0 Å². The lowest BCUT2D eigenvalue weighted by atomic mass is 9.99. The molecule has 0 spiro atoms. The maximum absolute atomic E-state index is 12.4. The van der Waals surface area contributed by atoms with Gasteiger partial charge in [0.05, 0.1) is 4.90 Å². The van der Waals surface area contributed by atoms with Gasteiger partial charge in [-0.3, -0.25) is 4.72 Å². The fourth-order valence-corrected chi connectivity index (χ4v) is 3.87. The van der Waals surface area contributed by atoms with Crippen LogP contribution < -0.4 is 9.62 Å². The van der Waals surface area contributed by atoms with Gasteiger partial charge in [-0.1, -0.05) is 19.1 Å². The van der Waals surface area contributed by atoms with Crippen molar-refractivity contribution >= 4 is 21.7 Å². The first-order chi connectivity index (χ1) is 11.4. The van der Waals surface area contributed by atoms with Crippen LogP contribution in [0.15, 0.2) is 41.3 Å². The Kier molecular flexibility index (Phi) is 4.71. The van der Waals surface area contributed by atoms with E-state index in [1.54, 1.807) is 24.3 Å². The molecule has 0 atom stereocenters. The molecule has 0 bridgehead atoms. The van der Waals surface area contributed by atoms with Gasteiger partial charge in [0.25, 0.3) is 10.0 Å². The van der Waals surface area contributed by atoms with Crippen LogP contribution in [0.2, 0.25) is 0 Å². The quantitative estimate of drug-likeness (QED) is 0.921. The van der Waals surface area contributed by atoms with Crippen molar-refractivity contribution in [3.63, 3.8) is 0 Å². The van der Waals surface area contributed by atoms with E-state index in [1.165, 1.54) is 0 Å². The second kappa shape index (κ2) is 6.76. The number of rotatable bonds is 4. The second-order valence-corrected chi connectivity index (χ2v) is 8.05. The first-order valence-electron chi connectivity index (χ1n) is 8.12. The molecular formula is C17H22N4O2S. The van der Waals surface area contributed by atoms with Crippen LogP contribution in [0.5, 0.6) is 0 Å². The van der Waals surface area contributed by atoms with E-state index in [9.17, 15) is 8.42 Å². The number of anilines is 2. The van der Waals surface area contributed by atoms with Crippen molar-refractivity contribution in [2.45, 2.75) is 31.6 Å². The molecule has 1 fully saturated rings. The summed E-state index contributed by atoms with van der Waals surface area (Å²) in [5, 5.41) is 8.20. The zero-order chi connectivity index (χ0) is 17.2. The topological polar surface area (TPSA) is 75.2 Å². The molecule has 3 rings (SSSR count). The summed E-state index contributed by atoms with van der Waals surface area (Å²) in [5.41, 5.74) is 0.888. The summed E-state index contributed by atoms with van der Waals surface area (Å²) in [4.78, 5) is 2.41. The molecule has 0 aliphatic carbocycles. The maximum atomic E-state index is 12.4. The van der Waals surface area contributed by atoms with Crippen LogP contribution in [0, 0.1) is 12.8 Å². The van der Waals surface area contributed by atoms with E-state index in [0.717, 1.165) is 43.2 Å². The number of aromatic nitrogens is 2. The van der Waals surface area contributed by atoms with Gasteiger partial charge in [-0.2, -0.15) is 0 Å². The third kappa shape index (κ3) is 3.84. The minimum Gasteiger partial charge on any atom is -0.355 e. The molecule has 24 heavy (non-hydrogen) atoms. The van der Waals surface area contributed by atoms with Crippen molar-refractivity contribution in [1.82, 2.24) is 10.2 Å². The Labute approximate surface area is 143 Å². The minimum atomic E-state index is -3.65. The summed E-state index contributed by atoms with van der Waals surface area (Å²) in [7, 11) is -3.65. The van der Waals surface area contributed by atoms with Crippen LogP contribution >= 0.6 is 0 Å². The highest BCUT2D eigenvalue weighted by Crippen LogP contribution is 2.22. The lowest BCUT2D eigenvalue weighted by Crippen LogP contribution is -2.33. The molecule has 1 N–H and O–H groups in total. The third-order valence-corrected chi connectivity index (χ3v) is 5.65. The highest BCUT2D eigenvalue weighted by molar-refractivity contribution is 7.92. The summed E-state index contributed by atoms with van der Waals surface area (Å²) in [6, 6.07) is 10.2. The second-order valence-electron chi connectivity index (χ2n) is 6.37. The molecule has 1 aliphatic heterocycles. The molecular weight excluding hydrogens is 324 g/mol. The normalized spacial score (nSPS) is 16.2. The predicted molar refractivity (Wildman–Crippen MR) is 94.6 cm³/mol. The summed E-state index contributed by atoms with van der Waals surface area (Å²) < 4.78 is 27.3. The largest absolute Gasteiger partial charge is 0.355 e. The number of nitrogens with zero attached hydrogens (tertiary/aromatic N) is 3. The van der Waals surface area contributed by atoms with Gasteiger partial charge in [-0.25, -0.2) is 8.42 Å². The van der Waals surface area contributed by atoms with Gasteiger partial charge in [0.1, 0.15) is 0 Å². The van der Waals surface area contributed by atoms with Crippen molar-refractivity contribution < 1.29 is 8.42 Å². The average Bonchev–Trinajstić information content (AvgIpc) is 2.56. The van der Waals surface area contributed by atoms with Gasteiger partial charge < -0.3 is 4.90 Å².